The van der Waals surface area contributed by atoms with E-state index in [4.69, 9.17) is 0 Å². The summed E-state index contributed by atoms with van der Waals surface area (Å²) in [5, 5.41) is 2.68. The minimum absolute atomic E-state index is 0.0233. The highest BCUT2D eigenvalue weighted by Gasteiger charge is 2.29. The van der Waals surface area contributed by atoms with Crippen molar-refractivity contribution in [2.75, 3.05) is 0 Å². The van der Waals surface area contributed by atoms with Crippen molar-refractivity contribution in [2.24, 2.45) is 5.92 Å². The number of amides is 1. The summed E-state index contributed by atoms with van der Waals surface area (Å²) in [6.07, 6.45) is 2.18. The molecule has 0 radical (unpaired) electrons. The highest BCUT2D eigenvalue weighted by Crippen LogP contribution is 2.32. The number of carbonyl (C=O) groups is 1. The molecule has 1 aromatic carbocycles. The van der Waals surface area contributed by atoms with Gasteiger partial charge in [0, 0.05) is 6.04 Å². The molecule has 2 nitrogen and oxygen atoms in total. The molecular weight excluding hydrogens is 212 g/mol. The predicted octanol–water partition coefficient (Wildman–Crippen LogP) is 2.49. The van der Waals surface area contributed by atoms with Crippen LogP contribution in [0.4, 0.5) is 8.78 Å². The van der Waals surface area contributed by atoms with Gasteiger partial charge in [0.25, 0.3) is 5.91 Å². The van der Waals surface area contributed by atoms with Crippen LogP contribution in [0.2, 0.25) is 0 Å². The standard InChI is InChI=1S/C12H13F2NO/c1-7(8-5-6-8)15-12(16)9-3-2-4-10(13)11(9)14/h2-4,7-8H,5-6H2,1H3,(H,15,16). The van der Waals surface area contributed by atoms with E-state index in [0.29, 0.717) is 5.92 Å². The number of rotatable bonds is 3. The number of hydrogen-bond donors (Lipinski definition) is 1. The van der Waals surface area contributed by atoms with Gasteiger partial charge in [-0.1, -0.05) is 6.07 Å². The molecule has 0 heterocycles. The van der Waals surface area contributed by atoms with Gasteiger partial charge in [-0.15, -0.1) is 0 Å². The summed E-state index contributed by atoms with van der Waals surface area (Å²) in [7, 11) is 0. The van der Waals surface area contributed by atoms with E-state index in [1.807, 2.05) is 6.92 Å². The van der Waals surface area contributed by atoms with Crippen LogP contribution in [0.15, 0.2) is 18.2 Å². The molecule has 0 aliphatic heterocycles. The van der Waals surface area contributed by atoms with Gasteiger partial charge in [0.05, 0.1) is 5.56 Å². The van der Waals surface area contributed by atoms with Crippen LogP contribution in [0.3, 0.4) is 0 Å². The third-order valence-corrected chi connectivity index (χ3v) is 2.88. The average molecular weight is 225 g/mol. The Balaban J connectivity index is 2.10. The molecule has 1 aliphatic rings. The molecule has 1 amide bonds. The van der Waals surface area contributed by atoms with E-state index >= 15 is 0 Å². The first kappa shape index (κ1) is 11.0. The second-order valence-electron chi connectivity index (χ2n) is 4.20. The van der Waals surface area contributed by atoms with E-state index in [1.54, 1.807) is 0 Å². The lowest BCUT2D eigenvalue weighted by atomic mass is 10.1. The van der Waals surface area contributed by atoms with Crippen molar-refractivity contribution in [3.8, 4) is 0 Å². The molecule has 1 unspecified atom stereocenters. The molecule has 0 spiro atoms. The fraction of sp³-hybridized carbons (Fsp3) is 0.417. The molecule has 1 atom stereocenters. The first-order valence-corrected chi connectivity index (χ1v) is 5.34. The van der Waals surface area contributed by atoms with Gasteiger partial charge in [-0.2, -0.15) is 0 Å². The van der Waals surface area contributed by atoms with E-state index in [2.05, 4.69) is 5.32 Å². The predicted molar refractivity (Wildman–Crippen MR) is 56.0 cm³/mol. The van der Waals surface area contributed by atoms with E-state index in [-0.39, 0.29) is 11.6 Å². The fourth-order valence-electron chi connectivity index (χ4n) is 1.68. The first-order chi connectivity index (χ1) is 7.59. The van der Waals surface area contributed by atoms with Crippen molar-refractivity contribution in [3.05, 3.63) is 35.4 Å². The van der Waals surface area contributed by atoms with Crippen molar-refractivity contribution in [2.45, 2.75) is 25.8 Å². The maximum Gasteiger partial charge on any atom is 0.254 e. The lowest BCUT2D eigenvalue weighted by molar-refractivity contribution is 0.0930. The Labute approximate surface area is 92.7 Å². The third-order valence-electron chi connectivity index (χ3n) is 2.88. The van der Waals surface area contributed by atoms with Gasteiger partial charge < -0.3 is 5.32 Å². The molecule has 0 aromatic heterocycles. The van der Waals surface area contributed by atoms with Crippen LogP contribution < -0.4 is 5.32 Å². The summed E-state index contributed by atoms with van der Waals surface area (Å²) in [4.78, 5) is 11.6. The largest absolute Gasteiger partial charge is 0.349 e. The van der Waals surface area contributed by atoms with Crippen molar-refractivity contribution >= 4 is 5.91 Å². The smallest absolute Gasteiger partial charge is 0.254 e. The van der Waals surface area contributed by atoms with Gasteiger partial charge in [0.2, 0.25) is 0 Å². The number of carbonyl (C=O) groups excluding carboxylic acids is 1. The van der Waals surface area contributed by atoms with Gasteiger partial charge in [-0.05, 0) is 37.8 Å². The van der Waals surface area contributed by atoms with Crippen LogP contribution in [0, 0.1) is 17.6 Å². The molecular formula is C12H13F2NO. The molecule has 1 aliphatic carbocycles. The molecule has 0 bridgehead atoms. The van der Waals surface area contributed by atoms with Gasteiger partial charge in [-0.3, -0.25) is 4.79 Å². The Bertz CT molecular complexity index is 415. The Morgan fingerprint density at radius 3 is 2.75 bits per heavy atom. The zero-order valence-corrected chi connectivity index (χ0v) is 8.97. The number of benzene rings is 1. The Hall–Kier alpha value is -1.45. The Morgan fingerprint density at radius 2 is 2.12 bits per heavy atom. The summed E-state index contributed by atoms with van der Waals surface area (Å²) in [5.74, 6) is -2.13. The van der Waals surface area contributed by atoms with E-state index in [9.17, 15) is 13.6 Å². The fourth-order valence-corrected chi connectivity index (χ4v) is 1.68. The van der Waals surface area contributed by atoms with Crippen LogP contribution in [0.5, 0.6) is 0 Å². The average Bonchev–Trinajstić information content (AvgIpc) is 3.05. The lowest BCUT2D eigenvalue weighted by Crippen LogP contribution is -2.34. The molecule has 0 saturated heterocycles. The van der Waals surface area contributed by atoms with Crippen LogP contribution in [-0.4, -0.2) is 11.9 Å². The van der Waals surface area contributed by atoms with Crippen molar-refractivity contribution in [1.82, 2.24) is 5.32 Å². The van der Waals surface area contributed by atoms with E-state index in [1.165, 1.54) is 12.1 Å². The number of hydrogen-bond acceptors (Lipinski definition) is 1. The molecule has 16 heavy (non-hydrogen) atoms. The van der Waals surface area contributed by atoms with Crippen molar-refractivity contribution in [1.29, 1.82) is 0 Å². The zero-order valence-electron chi connectivity index (χ0n) is 8.97. The van der Waals surface area contributed by atoms with Gasteiger partial charge >= 0.3 is 0 Å². The monoisotopic (exact) mass is 225 g/mol. The SMILES string of the molecule is CC(NC(=O)c1cccc(F)c1F)C1CC1. The highest BCUT2D eigenvalue weighted by molar-refractivity contribution is 5.94. The van der Waals surface area contributed by atoms with Crippen molar-refractivity contribution < 1.29 is 13.6 Å². The molecule has 1 N–H and O–H groups in total. The number of halogens is 2. The highest BCUT2D eigenvalue weighted by atomic mass is 19.2. The lowest BCUT2D eigenvalue weighted by Gasteiger charge is -2.13. The topological polar surface area (TPSA) is 29.1 Å². The summed E-state index contributed by atoms with van der Waals surface area (Å²) >= 11 is 0. The summed E-state index contributed by atoms with van der Waals surface area (Å²) in [5.41, 5.74) is -0.229. The summed E-state index contributed by atoms with van der Waals surface area (Å²) < 4.78 is 26.2. The van der Waals surface area contributed by atoms with E-state index < -0.39 is 17.5 Å². The summed E-state index contributed by atoms with van der Waals surface area (Å²) in [6, 6.07) is 3.63. The maximum atomic E-state index is 13.3. The molecule has 2 rings (SSSR count). The molecule has 1 fully saturated rings. The minimum atomic E-state index is -1.08. The first-order valence-electron chi connectivity index (χ1n) is 5.34. The quantitative estimate of drug-likeness (QED) is 0.841. The van der Waals surface area contributed by atoms with Crippen LogP contribution in [0.1, 0.15) is 30.1 Å². The second-order valence-corrected chi connectivity index (χ2v) is 4.20. The van der Waals surface area contributed by atoms with Gasteiger partial charge in [0.1, 0.15) is 0 Å². The zero-order chi connectivity index (χ0) is 11.7. The molecule has 1 saturated carbocycles. The normalized spacial score (nSPS) is 16.9. The summed E-state index contributed by atoms with van der Waals surface area (Å²) in [6.45, 7) is 1.88. The van der Waals surface area contributed by atoms with Crippen LogP contribution >= 0.6 is 0 Å². The van der Waals surface area contributed by atoms with Gasteiger partial charge in [-0.25, -0.2) is 8.78 Å². The Kier molecular flexibility index (Phi) is 2.90. The Morgan fingerprint density at radius 1 is 1.44 bits per heavy atom. The maximum absolute atomic E-state index is 13.3. The second kappa shape index (κ2) is 4.20. The van der Waals surface area contributed by atoms with E-state index in [0.717, 1.165) is 18.9 Å². The minimum Gasteiger partial charge on any atom is -0.349 e. The number of nitrogens with one attached hydrogen (secondary N) is 1. The van der Waals surface area contributed by atoms with Crippen molar-refractivity contribution in [3.63, 3.8) is 0 Å². The third kappa shape index (κ3) is 2.21. The van der Waals surface area contributed by atoms with Gasteiger partial charge in [0.15, 0.2) is 11.6 Å². The van der Waals surface area contributed by atoms with Crippen LogP contribution in [0.25, 0.3) is 0 Å². The molecule has 86 valence electrons. The van der Waals surface area contributed by atoms with Crippen LogP contribution in [-0.2, 0) is 0 Å². The molecule has 4 heteroatoms. The molecule has 1 aromatic rings.